The summed E-state index contributed by atoms with van der Waals surface area (Å²) in [6.07, 6.45) is 0.563. The van der Waals surface area contributed by atoms with Crippen LogP contribution in [0.5, 0.6) is 0 Å². The van der Waals surface area contributed by atoms with Crippen molar-refractivity contribution in [3.8, 4) is 0 Å². The molecule has 160 valence electrons. The predicted octanol–water partition coefficient (Wildman–Crippen LogP) is 3.81. The van der Waals surface area contributed by atoms with Crippen LogP contribution in [0.15, 0.2) is 59.8 Å². The lowest BCUT2D eigenvalue weighted by molar-refractivity contribution is 0.545. The van der Waals surface area contributed by atoms with Crippen LogP contribution in [0.1, 0.15) is 56.3 Å². The Morgan fingerprint density at radius 1 is 0.967 bits per heavy atom. The molecule has 0 saturated heterocycles. The van der Waals surface area contributed by atoms with E-state index in [0.29, 0.717) is 18.8 Å². The minimum Gasteiger partial charge on any atom is -0.321 e. The second kappa shape index (κ2) is 8.70. The van der Waals surface area contributed by atoms with Crippen LogP contribution in [-0.2, 0) is 34.0 Å². The maximum atomic E-state index is 13.1. The summed E-state index contributed by atoms with van der Waals surface area (Å²) in [6, 6.07) is 17.1. The van der Waals surface area contributed by atoms with Gasteiger partial charge in [0.1, 0.15) is 0 Å². The summed E-state index contributed by atoms with van der Waals surface area (Å²) in [6.45, 7) is 8.69. The molecule has 0 aliphatic carbocycles. The van der Waals surface area contributed by atoms with Gasteiger partial charge in [-0.1, -0.05) is 75.4 Å². The Morgan fingerprint density at radius 2 is 1.60 bits per heavy atom. The van der Waals surface area contributed by atoms with E-state index in [-0.39, 0.29) is 16.3 Å². The van der Waals surface area contributed by atoms with E-state index in [0.717, 1.165) is 16.7 Å². The zero-order chi connectivity index (χ0) is 21.9. The van der Waals surface area contributed by atoms with Crippen LogP contribution in [0, 0.1) is 0 Å². The first kappa shape index (κ1) is 22.2. The molecule has 30 heavy (non-hydrogen) atoms. The third kappa shape index (κ3) is 4.96. The Balaban J connectivity index is 1.84. The fourth-order valence-corrected chi connectivity index (χ4v) is 4.93. The Bertz CT molecular complexity index is 1080. The van der Waals surface area contributed by atoms with E-state index in [9.17, 15) is 8.42 Å². The van der Waals surface area contributed by atoms with E-state index >= 15 is 0 Å². The van der Waals surface area contributed by atoms with Crippen LogP contribution in [0.3, 0.4) is 0 Å². The summed E-state index contributed by atoms with van der Waals surface area (Å²) in [5, 5.41) is 8.14. The number of sulfone groups is 1. The van der Waals surface area contributed by atoms with Gasteiger partial charge >= 0.3 is 0 Å². The van der Waals surface area contributed by atoms with Crippen LogP contribution in [0.4, 0.5) is 0 Å². The monoisotopic (exact) mass is 426 g/mol. The maximum Gasteiger partial charge on any atom is 0.250 e. The molecule has 6 nitrogen and oxygen atoms in total. The Hall–Kier alpha value is -2.51. The zero-order valence-electron chi connectivity index (χ0n) is 18.0. The first-order valence-electron chi connectivity index (χ1n) is 10.2. The standard InChI is InChI=1S/C23H30N4O2S/c1-5-27-21(20(24)15-17-9-7-6-8-10-17)25-26-22(27)30(28,29)16-18-11-13-19(14-12-18)23(2,3)4/h6-14,20H,5,15-16,24H2,1-4H3/t20-/m0/s1. The van der Waals surface area contributed by atoms with Crippen molar-refractivity contribution in [2.45, 2.75) is 63.0 Å². The van der Waals surface area contributed by atoms with Gasteiger partial charge in [-0.2, -0.15) is 0 Å². The van der Waals surface area contributed by atoms with Crippen molar-refractivity contribution in [1.82, 2.24) is 14.8 Å². The molecule has 0 fully saturated rings. The van der Waals surface area contributed by atoms with E-state index in [1.54, 1.807) is 4.57 Å². The second-order valence-corrected chi connectivity index (χ2v) is 10.5. The number of rotatable bonds is 7. The molecule has 0 aliphatic heterocycles. The lowest BCUT2D eigenvalue weighted by Gasteiger charge is -2.19. The molecule has 1 atom stereocenters. The SMILES string of the molecule is CCn1c([C@@H](N)Cc2ccccc2)nnc1S(=O)(=O)Cc1ccc(C(C)(C)C)cc1. The lowest BCUT2D eigenvalue weighted by Crippen LogP contribution is -2.21. The van der Waals surface area contributed by atoms with Crippen molar-refractivity contribution in [3.05, 3.63) is 77.1 Å². The molecule has 0 spiro atoms. The molecule has 1 aromatic heterocycles. The van der Waals surface area contributed by atoms with Crippen LogP contribution < -0.4 is 5.73 Å². The van der Waals surface area contributed by atoms with Gasteiger partial charge in [-0.25, -0.2) is 8.42 Å². The van der Waals surface area contributed by atoms with Gasteiger partial charge in [0, 0.05) is 6.54 Å². The molecule has 2 aromatic carbocycles. The number of benzene rings is 2. The molecule has 0 amide bonds. The smallest absolute Gasteiger partial charge is 0.250 e. The Kier molecular flexibility index (Phi) is 6.43. The third-order valence-electron chi connectivity index (χ3n) is 5.15. The topological polar surface area (TPSA) is 90.9 Å². The van der Waals surface area contributed by atoms with Gasteiger partial charge in [-0.15, -0.1) is 10.2 Å². The molecule has 0 radical (unpaired) electrons. The highest BCUT2D eigenvalue weighted by molar-refractivity contribution is 7.90. The van der Waals surface area contributed by atoms with Crippen molar-refractivity contribution in [2.24, 2.45) is 5.73 Å². The average Bonchev–Trinajstić information content (AvgIpc) is 3.13. The Morgan fingerprint density at radius 3 is 2.17 bits per heavy atom. The summed E-state index contributed by atoms with van der Waals surface area (Å²) in [4.78, 5) is 0. The zero-order valence-corrected chi connectivity index (χ0v) is 18.9. The molecule has 0 unspecified atom stereocenters. The highest BCUT2D eigenvalue weighted by atomic mass is 32.2. The van der Waals surface area contributed by atoms with Crippen molar-refractivity contribution in [1.29, 1.82) is 0 Å². The van der Waals surface area contributed by atoms with Crippen molar-refractivity contribution in [2.75, 3.05) is 0 Å². The van der Waals surface area contributed by atoms with Gasteiger partial charge in [0.2, 0.25) is 15.0 Å². The fraction of sp³-hybridized carbons (Fsp3) is 0.391. The van der Waals surface area contributed by atoms with Gasteiger partial charge < -0.3 is 10.3 Å². The molecule has 1 heterocycles. The molecular formula is C23H30N4O2S. The van der Waals surface area contributed by atoms with Crippen LogP contribution in [-0.4, -0.2) is 23.2 Å². The summed E-state index contributed by atoms with van der Waals surface area (Å²) in [5.41, 5.74) is 9.33. The highest BCUT2D eigenvalue weighted by Gasteiger charge is 2.27. The summed E-state index contributed by atoms with van der Waals surface area (Å²) < 4.78 is 27.8. The third-order valence-corrected chi connectivity index (χ3v) is 6.72. The van der Waals surface area contributed by atoms with Gasteiger partial charge in [0.25, 0.3) is 0 Å². The number of hydrogen-bond donors (Lipinski definition) is 1. The van der Waals surface area contributed by atoms with Gasteiger partial charge in [0.05, 0.1) is 11.8 Å². The minimum absolute atomic E-state index is 0.0174. The summed E-state index contributed by atoms with van der Waals surface area (Å²) >= 11 is 0. The molecule has 3 aromatic rings. The number of nitrogens with zero attached hydrogens (tertiary/aromatic N) is 3. The molecule has 0 aliphatic rings. The van der Waals surface area contributed by atoms with Gasteiger partial charge in [0.15, 0.2) is 5.82 Å². The van der Waals surface area contributed by atoms with E-state index in [1.807, 2.05) is 61.5 Å². The summed E-state index contributed by atoms with van der Waals surface area (Å²) in [5.74, 6) is 0.367. The van der Waals surface area contributed by atoms with Crippen molar-refractivity contribution < 1.29 is 8.42 Å². The maximum absolute atomic E-state index is 13.1. The largest absolute Gasteiger partial charge is 0.321 e. The Labute approximate surface area is 179 Å². The molecular weight excluding hydrogens is 396 g/mol. The van der Waals surface area contributed by atoms with Crippen LogP contribution >= 0.6 is 0 Å². The quantitative estimate of drug-likeness (QED) is 0.620. The molecule has 0 saturated carbocycles. The van der Waals surface area contributed by atoms with E-state index in [4.69, 9.17) is 5.73 Å². The number of hydrogen-bond acceptors (Lipinski definition) is 5. The molecule has 0 bridgehead atoms. The fourth-order valence-electron chi connectivity index (χ4n) is 3.45. The molecule has 7 heteroatoms. The first-order chi connectivity index (χ1) is 14.1. The average molecular weight is 427 g/mol. The number of aromatic nitrogens is 3. The number of nitrogens with two attached hydrogens (primary N) is 1. The highest BCUT2D eigenvalue weighted by Crippen LogP contribution is 2.24. The van der Waals surface area contributed by atoms with Gasteiger partial charge in [-0.3, -0.25) is 0 Å². The minimum atomic E-state index is -3.66. The van der Waals surface area contributed by atoms with Crippen molar-refractivity contribution >= 4 is 9.84 Å². The normalized spacial score (nSPS) is 13.4. The second-order valence-electron chi connectivity index (χ2n) is 8.59. The van der Waals surface area contributed by atoms with E-state index in [1.165, 1.54) is 0 Å². The molecule has 2 N–H and O–H groups in total. The lowest BCUT2D eigenvalue weighted by atomic mass is 9.87. The first-order valence-corrected chi connectivity index (χ1v) is 11.8. The van der Waals surface area contributed by atoms with E-state index in [2.05, 4.69) is 31.0 Å². The van der Waals surface area contributed by atoms with Crippen molar-refractivity contribution in [3.63, 3.8) is 0 Å². The predicted molar refractivity (Wildman–Crippen MR) is 119 cm³/mol. The van der Waals surface area contributed by atoms with Crippen LogP contribution in [0.2, 0.25) is 0 Å². The summed E-state index contributed by atoms with van der Waals surface area (Å²) in [7, 11) is -3.66. The van der Waals surface area contributed by atoms with E-state index < -0.39 is 15.9 Å². The van der Waals surface area contributed by atoms with Crippen LogP contribution in [0.25, 0.3) is 0 Å². The molecule has 3 rings (SSSR count). The van der Waals surface area contributed by atoms with Gasteiger partial charge in [-0.05, 0) is 35.4 Å².